The second-order valence-electron chi connectivity index (χ2n) is 6.92. The van der Waals surface area contributed by atoms with Gasteiger partial charge >= 0.3 is 5.97 Å². The molecular weight excluding hydrogens is 392 g/mol. The molecule has 1 fully saturated rings. The molecular formula is C21H24N2O5S. The van der Waals surface area contributed by atoms with E-state index >= 15 is 0 Å². The molecule has 0 aliphatic carbocycles. The van der Waals surface area contributed by atoms with Gasteiger partial charge in [-0.1, -0.05) is 18.2 Å². The van der Waals surface area contributed by atoms with E-state index in [-0.39, 0.29) is 16.4 Å². The van der Waals surface area contributed by atoms with E-state index in [9.17, 15) is 18.0 Å². The Labute approximate surface area is 170 Å². The van der Waals surface area contributed by atoms with E-state index < -0.39 is 22.1 Å². The molecule has 0 radical (unpaired) electrons. The Bertz CT molecular complexity index is 968. The van der Waals surface area contributed by atoms with Crippen LogP contribution in [0.1, 0.15) is 30.1 Å². The van der Waals surface area contributed by atoms with E-state index in [1.807, 2.05) is 18.2 Å². The number of carbonyl (C=O) groups is 2. The zero-order chi connectivity index (χ0) is 21.0. The summed E-state index contributed by atoms with van der Waals surface area (Å²) in [5, 5.41) is 0. The third kappa shape index (κ3) is 4.65. The fourth-order valence-corrected chi connectivity index (χ4v) is 4.69. The van der Waals surface area contributed by atoms with Crippen LogP contribution >= 0.6 is 0 Å². The highest BCUT2D eigenvalue weighted by molar-refractivity contribution is 7.89. The highest BCUT2D eigenvalue weighted by atomic mass is 32.2. The molecule has 8 heteroatoms. The molecule has 3 rings (SSSR count). The summed E-state index contributed by atoms with van der Waals surface area (Å²) in [6, 6.07) is 14.6. The van der Waals surface area contributed by atoms with Gasteiger partial charge in [-0.2, -0.15) is 4.31 Å². The van der Waals surface area contributed by atoms with Crippen LogP contribution in [0.15, 0.2) is 59.5 Å². The Morgan fingerprint density at radius 3 is 2.17 bits per heavy atom. The largest absolute Gasteiger partial charge is 0.449 e. The van der Waals surface area contributed by atoms with Crippen molar-refractivity contribution in [2.24, 2.45) is 0 Å². The lowest BCUT2D eigenvalue weighted by atomic mass is 10.2. The van der Waals surface area contributed by atoms with Gasteiger partial charge in [-0.3, -0.25) is 4.79 Å². The summed E-state index contributed by atoms with van der Waals surface area (Å²) in [6.45, 7) is 2.53. The number of esters is 1. The first-order valence-electron chi connectivity index (χ1n) is 9.44. The minimum Gasteiger partial charge on any atom is -0.449 e. The molecule has 7 nitrogen and oxygen atoms in total. The minimum absolute atomic E-state index is 0.142. The smallest absolute Gasteiger partial charge is 0.338 e. The second kappa shape index (κ2) is 8.75. The first-order valence-corrected chi connectivity index (χ1v) is 10.9. The highest BCUT2D eigenvalue weighted by Crippen LogP contribution is 2.21. The van der Waals surface area contributed by atoms with Crippen molar-refractivity contribution in [1.29, 1.82) is 0 Å². The van der Waals surface area contributed by atoms with Crippen LogP contribution < -0.4 is 4.90 Å². The fraction of sp³-hybridized carbons (Fsp3) is 0.333. The predicted octanol–water partition coefficient (Wildman–Crippen LogP) is 2.68. The molecule has 0 N–H and O–H groups in total. The fourth-order valence-electron chi connectivity index (χ4n) is 3.17. The Hall–Kier alpha value is -2.71. The van der Waals surface area contributed by atoms with Crippen molar-refractivity contribution in [2.45, 2.75) is 30.8 Å². The number of anilines is 1. The van der Waals surface area contributed by atoms with Crippen LogP contribution in [0, 0.1) is 0 Å². The predicted molar refractivity (Wildman–Crippen MR) is 109 cm³/mol. The van der Waals surface area contributed by atoms with Crippen LogP contribution in [0.5, 0.6) is 0 Å². The molecule has 1 aliphatic heterocycles. The molecule has 2 aromatic rings. The molecule has 0 aromatic heterocycles. The first-order chi connectivity index (χ1) is 13.8. The van der Waals surface area contributed by atoms with Gasteiger partial charge in [0.25, 0.3) is 5.91 Å². The number of rotatable bonds is 6. The van der Waals surface area contributed by atoms with Crippen molar-refractivity contribution in [3.63, 3.8) is 0 Å². The Morgan fingerprint density at radius 1 is 1.00 bits per heavy atom. The lowest BCUT2D eigenvalue weighted by Gasteiger charge is -2.21. The third-order valence-corrected chi connectivity index (χ3v) is 6.81. The van der Waals surface area contributed by atoms with E-state index in [1.54, 1.807) is 19.2 Å². The lowest BCUT2D eigenvalue weighted by Crippen LogP contribution is -2.37. The third-order valence-electron chi connectivity index (χ3n) is 4.90. The van der Waals surface area contributed by atoms with Crippen LogP contribution in [-0.2, 0) is 19.6 Å². The van der Waals surface area contributed by atoms with Crippen molar-refractivity contribution in [3.05, 3.63) is 60.2 Å². The van der Waals surface area contributed by atoms with Gasteiger partial charge in [0, 0.05) is 25.8 Å². The Balaban J connectivity index is 1.65. The number of amides is 1. The van der Waals surface area contributed by atoms with Crippen molar-refractivity contribution in [3.8, 4) is 0 Å². The quantitative estimate of drug-likeness (QED) is 0.676. The molecule has 0 bridgehead atoms. The van der Waals surface area contributed by atoms with Gasteiger partial charge < -0.3 is 9.64 Å². The SMILES string of the molecule is C[C@H](OC(=O)c1ccc(S(=O)(=O)N2CCCC2)cc1)C(=O)N(C)c1ccccc1. The van der Waals surface area contributed by atoms with Gasteiger partial charge in [-0.15, -0.1) is 0 Å². The Morgan fingerprint density at radius 2 is 1.59 bits per heavy atom. The molecule has 1 aliphatic rings. The maximum atomic E-state index is 12.6. The summed E-state index contributed by atoms with van der Waals surface area (Å²) in [7, 11) is -1.93. The van der Waals surface area contributed by atoms with E-state index in [1.165, 1.54) is 40.4 Å². The number of likely N-dealkylation sites (N-methyl/N-ethyl adjacent to an activating group) is 1. The molecule has 1 atom stereocenters. The summed E-state index contributed by atoms with van der Waals surface area (Å²) in [4.78, 5) is 26.5. The molecule has 1 amide bonds. The number of benzene rings is 2. The van der Waals surface area contributed by atoms with Gasteiger partial charge in [0.1, 0.15) is 0 Å². The Kier molecular flexibility index (Phi) is 6.34. The van der Waals surface area contributed by atoms with Crippen LogP contribution in [0.25, 0.3) is 0 Å². The topological polar surface area (TPSA) is 84.0 Å². The first kappa shape index (κ1) is 21.0. The number of nitrogens with zero attached hydrogens (tertiary/aromatic N) is 2. The summed E-state index contributed by atoms with van der Waals surface area (Å²) in [6.07, 6.45) is 0.723. The van der Waals surface area contributed by atoms with E-state index in [0.717, 1.165) is 12.8 Å². The van der Waals surface area contributed by atoms with Crippen LogP contribution in [0.2, 0.25) is 0 Å². The summed E-state index contributed by atoms with van der Waals surface area (Å²) in [5.41, 5.74) is 0.879. The van der Waals surface area contributed by atoms with Crippen molar-refractivity contribution in [1.82, 2.24) is 4.31 Å². The van der Waals surface area contributed by atoms with Crippen molar-refractivity contribution in [2.75, 3.05) is 25.0 Å². The van der Waals surface area contributed by atoms with Crippen LogP contribution in [-0.4, -0.2) is 50.8 Å². The molecule has 1 heterocycles. The molecule has 0 unspecified atom stereocenters. The minimum atomic E-state index is -3.54. The molecule has 2 aromatic carbocycles. The van der Waals surface area contributed by atoms with E-state index in [0.29, 0.717) is 18.8 Å². The molecule has 0 saturated carbocycles. The van der Waals surface area contributed by atoms with Gasteiger partial charge in [0.2, 0.25) is 10.0 Å². The zero-order valence-electron chi connectivity index (χ0n) is 16.4. The second-order valence-corrected chi connectivity index (χ2v) is 8.85. The molecule has 154 valence electrons. The van der Waals surface area contributed by atoms with Crippen LogP contribution in [0.3, 0.4) is 0 Å². The zero-order valence-corrected chi connectivity index (χ0v) is 17.3. The number of hydrogen-bond acceptors (Lipinski definition) is 5. The lowest BCUT2D eigenvalue weighted by molar-refractivity contribution is -0.126. The average Bonchev–Trinajstić information content (AvgIpc) is 3.29. The molecule has 0 spiro atoms. The monoisotopic (exact) mass is 416 g/mol. The van der Waals surface area contributed by atoms with Crippen molar-refractivity contribution >= 4 is 27.6 Å². The highest BCUT2D eigenvalue weighted by Gasteiger charge is 2.28. The standard InChI is InChI=1S/C21H24N2O5S/c1-16(20(24)22(2)18-8-4-3-5-9-18)28-21(25)17-10-12-19(13-11-17)29(26,27)23-14-6-7-15-23/h3-5,8-13,16H,6-7,14-15H2,1-2H3/t16-/m0/s1. The number of sulfonamides is 1. The summed E-state index contributed by atoms with van der Waals surface area (Å²) >= 11 is 0. The molecule has 29 heavy (non-hydrogen) atoms. The molecule has 1 saturated heterocycles. The number of para-hydroxylation sites is 1. The van der Waals surface area contributed by atoms with E-state index in [4.69, 9.17) is 4.74 Å². The van der Waals surface area contributed by atoms with Gasteiger partial charge in [0.05, 0.1) is 10.5 Å². The van der Waals surface area contributed by atoms with Gasteiger partial charge in [-0.25, -0.2) is 13.2 Å². The summed E-state index contributed by atoms with van der Waals surface area (Å²) in [5.74, 6) is -1.05. The normalized spacial score (nSPS) is 15.7. The average molecular weight is 416 g/mol. The van der Waals surface area contributed by atoms with E-state index in [2.05, 4.69) is 0 Å². The summed E-state index contributed by atoms with van der Waals surface area (Å²) < 4.78 is 31.8. The maximum absolute atomic E-state index is 12.6. The number of carbonyl (C=O) groups excluding carboxylic acids is 2. The number of ether oxygens (including phenoxy) is 1. The van der Waals surface area contributed by atoms with Gasteiger partial charge in [-0.05, 0) is 56.2 Å². The maximum Gasteiger partial charge on any atom is 0.338 e. The van der Waals surface area contributed by atoms with Crippen LogP contribution in [0.4, 0.5) is 5.69 Å². The van der Waals surface area contributed by atoms with Gasteiger partial charge in [0.15, 0.2) is 6.10 Å². The van der Waals surface area contributed by atoms with Crippen molar-refractivity contribution < 1.29 is 22.7 Å². The number of hydrogen-bond donors (Lipinski definition) is 0.